The number of halogens is 1. The molecule has 2 rings (SSSR count). The Bertz CT molecular complexity index is 623. The van der Waals surface area contributed by atoms with Crippen LogP contribution in [0.2, 0.25) is 0 Å². The molecule has 1 saturated carbocycles. The van der Waals surface area contributed by atoms with Crippen molar-refractivity contribution in [2.75, 3.05) is 6.61 Å². The van der Waals surface area contributed by atoms with E-state index in [1.807, 2.05) is 0 Å². The Morgan fingerprint density at radius 2 is 2.15 bits per heavy atom. The molecule has 0 aromatic carbocycles. The molecule has 0 spiro atoms. The molecule has 1 aliphatic carbocycles. The van der Waals surface area contributed by atoms with Crippen LogP contribution in [-0.2, 0) is 0 Å². The first-order chi connectivity index (χ1) is 9.49. The number of aliphatic hydroxyl groups excluding tert-OH is 3. The van der Waals surface area contributed by atoms with Gasteiger partial charge < -0.3 is 15.3 Å². The van der Waals surface area contributed by atoms with Gasteiger partial charge in [0.05, 0.1) is 30.4 Å². The molecular formula is C12H15BrN2O5. The van der Waals surface area contributed by atoms with Crippen LogP contribution < -0.4 is 11.2 Å². The summed E-state index contributed by atoms with van der Waals surface area (Å²) < 4.78 is 1.19. The van der Waals surface area contributed by atoms with Crippen LogP contribution in [0.25, 0.3) is 6.08 Å². The van der Waals surface area contributed by atoms with E-state index in [4.69, 9.17) is 5.11 Å². The first-order valence-electron chi connectivity index (χ1n) is 6.08. The monoisotopic (exact) mass is 346 g/mol. The first kappa shape index (κ1) is 15.2. The summed E-state index contributed by atoms with van der Waals surface area (Å²) in [6, 6.07) is -0.686. The topological polar surface area (TPSA) is 116 Å². The molecule has 1 aromatic heterocycles. The van der Waals surface area contributed by atoms with Crippen molar-refractivity contribution >= 4 is 22.0 Å². The van der Waals surface area contributed by atoms with E-state index in [-0.39, 0.29) is 18.6 Å². The van der Waals surface area contributed by atoms with Crippen molar-refractivity contribution in [3.05, 3.63) is 37.6 Å². The SMILES string of the molecule is O=c1[nH]c(=O)n([C@H]2C[C@H](O)[C@@H](CO)[C@@H]2O)cc1C=CBr. The Balaban J connectivity index is 2.46. The minimum atomic E-state index is -1.06. The number of aromatic amines is 1. The third-order valence-electron chi connectivity index (χ3n) is 3.62. The van der Waals surface area contributed by atoms with Crippen LogP contribution in [0.4, 0.5) is 0 Å². The van der Waals surface area contributed by atoms with Crippen LogP contribution in [0.5, 0.6) is 0 Å². The third kappa shape index (κ3) is 2.64. The van der Waals surface area contributed by atoms with Gasteiger partial charge >= 0.3 is 5.69 Å². The Morgan fingerprint density at radius 1 is 1.45 bits per heavy atom. The van der Waals surface area contributed by atoms with E-state index in [1.54, 1.807) is 0 Å². The maximum atomic E-state index is 11.8. The average molecular weight is 347 g/mol. The smallest absolute Gasteiger partial charge is 0.328 e. The number of hydrogen-bond donors (Lipinski definition) is 4. The highest BCUT2D eigenvalue weighted by Crippen LogP contribution is 2.34. The summed E-state index contributed by atoms with van der Waals surface area (Å²) in [5, 5.41) is 29.0. The summed E-state index contributed by atoms with van der Waals surface area (Å²) in [5.41, 5.74) is -0.944. The molecule has 1 fully saturated rings. The number of hydrogen-bond acceptors (Lipinski definition) is 5. The van der Waals surface area contributed by atoms with Crippen molar-refractivity contribution in [3.63, 3.8) is 0 Å². The van der Waals surface area contributed by atoms with Crippen LogP contribution in [0.15, 0.2) is 20.8 Å². The minimum absolute atomic E-state index is 0.135. The predicted octanol–water partition coefficient (Wildman–Crippen LogP) is -0.823. The van der Waals surface area contributed by atoms with Gasteiger partial charge in [0.25, 0.3) is 5.56 Å². The quantitative estimate of drug-likeness (QED) is 0.570. The van der Waals surface area contributed by atoms with Crippen LogP contribution in [0.3, 0.4) is 0 Å². The maximum Gasteiger partial charge on any atom is 0.328 e. The van der Waals surface area contributed by atoms with E-state index < -0.39 is 35.4 Å². The van der Waals surface area contributed by atoms with Crippen LogP contribution >= 0.6 is 15.9 Å². The standard InChI is InChI=1S/C12H15BrN2O5/c13-2-1-6-4-15(12(20)14-11(6)19)8-3-9(17)7(5-16)10(8)18/h1-2,4,7-10,16-18H,3,5H2,(H,14,19,20)/t7-,8+,9+,10+/m1/s1. The summed E-state index contributed by atoms with van der Waals surface area (Å²) >= 11 is 3.05. The van der Waals surface area contributed by atoms with Gasteiger partial charge in [-0.3, -0.25) is 14.3 Å². The number of rotatable bonds is 3. The Labute approximate surface area is 122 Å². The molecule has 8 heteroatoms. The van der Waals surface area contributed by atoms with E-state index in [1.165, 1.54) is 21.8 Å². The second-order valence-electron chi connectivity index (χ2n) is 4.75. The van der Waals surface area contributed by atoms with Crippen molar-refractivity contribution in [1.82, 2.24) is 9.55 Å². The molecule has 110 valence electrons. The molecule has 20 heavy (non-hydrogen) atoms. The Kier molecular flexibility index (Phi) is 4.59. The Hall–Kier alpha value is -1.22. The zero-order valence-corrected chi connectivity index (χ0v) is 12.0. The number of nitrogens with one attached hydrogen (secondary N) is 1. The molecule has 0 saturated heterocycles. The fourth-order valence-corrected chi connectivity index (χ4v) is 2.80. The lowest BCUT2D eigenvalue weighted by Gasteiger charge is -2.20. The molecule has 0 aliphatic heterocycles. The highest BCUT2D eigenvalue weighted by Gasteiger charge is 2.42. The molecule has 1 aromatic rings. The van der Waals surface area contributed by atoms with Gasteiger partial charge in [-0.15, -0.1) is 0 Å². The third-order valence-corrected chi connectivity index (χ3v) is 3.88. The van der Waals surface area contributed by atoms with E-state index in [0.29, 0.717) is 0 Å². The van der Waals surface area contributed by atoms with Crippen molar-refractivity contribution < 1.29 is 15.3 Å². The van der Waals surface area contributed by atoms with Crippen molar-refractivity contribution in [2.24, 2.45) is 5.92 Å². The highest BCUT2D eigenvalue weighted by molar-refractivity contribution is 9.11. The predicted molar refractivity (Wildman–Crippen MR) is 75.5 cm³/mol. The van der Waals surface area contributed by atoms with Crippen molar-refractivity contribution in [1.29, 1.82) is 0 Å². The van der Waals surface area contributed by atoms with E-state index in [2.05, 4.69) is 20.9 Å². The lowest BCUT2D eigenvalue weighted by atomic mass is 10.0. The number of H-pyrrole nitrogens is 1. The average Bonchev–Trinajstić information content (AvgIpc) is 2.68. The molecule has 4 atom stereocenters. The number of aliphatic hydroxyl groups is 3. The minimum Gasteiger partial charge on any atom is -0.396 e. The summed E-state index contributed by atoms with van der Waals surface area (Å²) in [7, 11) is 0. The van der Waals surface area contributed by atoms with Crippen molar-refractivity contribution in [2.45, 2.75) is 24.7 Å². The number of aromatic nitrogens is 2. The first-order valence-corrected chi connectivity index (χ1v) is 7.00. The largest absolute Gasteiger partial charge is 0.396 e. The molecule has 7 nitrogen and oxygen atoms in total. The molecule has 1 aliphatic rings. The van der Waals surface area contributed by atoms with Gasteiger partial charge in [-0.05, 0) is 17.5 Å². The van der Waals surface area contributed by atoms with Gasteiger partial charge in [0.2, 0.25) is 0 Å². The molecule has 4 N–H and O–H groups in total. The van der Waals surface area contributed by atoms with Crippen molar-refractivity contribution in [3.8, 4) is 0 Å². The van der Waals surface area contributed by atoms with Gasteiger partial charge in [-0.25, -0.2) is 4.79 Å². The van der Waals surface area contributed by atoms with Crippen LogP contribution in [-0.4, -0.2) is 43.7 Å². The Morgan fingerprint density at radius 3 is 2.70 bits per heavy atom. The normalized spacial score (nSPS) is 30.2. The summed E-state index contributed by atoms with van der Waals surface area (Å²) in [4.78, 5) is 27.1. The summed E-state index contributed by atoms with van der Waals surface area (Å²) in [5.74, 6) is -0.700. The fourth-order valence-electron chi connectivity index (χ4n) is 2.52. The van der Waals surface area contributed by atoms with E-state index in [9.17, 15) is 19.8 Å². The fraction of sp³-hybridized carbons (Fsp3) is 0.500. The summed E-state index contributed by atoms with van der Waals surface area (Å²) in [6.45, 7) is -0.370. The highest BCUT2D eigenvalue weighted by atomic mass is 79.9. The van der Waals surface area contributed by atoms with Crippen LogP contribution in [0, 0.1) is 5.92 Å². The maximum absolute atomic E-state index is 11.8. The van der Waals surface area contributed by atoms with Crippen LogP contribution in [0.1, 0.15) is 18.0 Å². The molecule has 0 amide bonds. The van der Waals surface area contributed by atoms with Gasteiger partial charge in [0, 0.05) is 12.1 Å². The molecule has 1 heterocycles. The molecule has 0 bridgehead atoms. The lowest BCUT2D eigenvalue weighted by molar-refractivity contribution is 0.0207. The van der Waals surface area contributed by atoms with E-state index in [0.717, 1.165) is 0 Å². The molecular weight excluding hydrogens is 332 g/mol. The molecule has 0 unspecified atom stereocenters. The van der Waals surface area contributed by atoms with Gasteiger partial charge in [-0.1, -0.05) is 15.9 Å². The zero-order chi connectivity index (χ0) is 14.9. The van der Waals surface area contributed by atoms with Gasteiger partial charge in [0.15, 0.2) is 0 Å². The van der Waals surface area contributed by atoms with Gasteiger partial charge in [-0.2, -0.15) is 0 Å². The lowest BCUT2D eigenvalue weighted by Crippen LogP contribution is -2.37. The summed E-state index contributed by atoms with van der Waals surface area (Å²) in [6.07, 6.45) is 0.985. The number of nitrogens with zero attached hydrogens (tertiary/aromatic N) is 1. The zero-order valence-electron chi connectivity index (χ0n) is 10.4. The van der Waals surface area contributed by atoms with E-state index >= 15 is 0 Å². The molecule has 0 radical (unpaired) electrons. The second-order valence-corrected chi connectivity index (χ2v) is 5.28. The second kappa shape index (κ2) is 6.04. The van der Waals surface area contributed by atoms with Gasteiger partial charge in [0.1, 0.15) is 0 Å².